The molecule has 0 atom stereocenters. The summed E-state index contributed by atoms with van der Waals surface area (Å²) in [5.74, 6) is -0.430. The van der Waals surface area contributed by atoms with E-state index in [0.29, 0.717) is 16.6 Å². The van der Waals surface area contributed by atoms with Crippen molar-refractivity contribution in [2.45, 2.75) is 0 Å². The highest BCUT2D eigenvalue weighted by atomic mass is 16.2. The van der Waals surface area contributed by atoms with Crippen molar-refractivity contribution in [2.75, 3.05) is 5.32 Å². The maximum Gasteiger partial charge on any atom is 0.261 e. The average Bonchev–Trinajstić information content (AvgIpc) is 2.69. The van der Waals surface area contributed by atoms with Gasteiger partial charge in [0.15, 0.2) is 0 Å². The van der Waals surface area contributed by atoms with E-state index in [1.54, 1.807) is 12.1 Å². The molecule has 4 aromatic rings. The van der Waals surface area contributed by atoms with E-state index in [1.807, 2.05) is 66.7 Å². The van der Waals surface area contributed by atoms with Crippen molar-refractivity contribution in [3.05, 3.63) is 101 Å². The minimum absolute atomic E-state index is 0.0894. The van der Waals surface area contributed by atoms with Gasteiger partial charge in [-0.1, -0.05) is 60.7 Å². The molecule has 0 aliphatic rings. The van der Waals surface area contributed by atoms with Crippen LogP contribution in [0.2, 0.25) is 0 Å². The Morgan fingerprint density at radius 1 is 0.808 bits per heavy atom. The summed E-state index contributed by atoms with van der Waals surface area (Å²) in [5.41, 5.74) is 3.07. The summed E-state index contributed by atoms with van der Waals surface area (Å²) in [6.45, 7) is 0. The van der Waals surface area contributed by atoms with Gasteiger partial charge in [-0.05, 0) is 23.8 Å². The standard InChI is InChI=1S/C22H16N2O2/c25-21-17-11-5-6-12-19(17)23-14-18(21)22(26)24-20-13-7-4-10-16(20)15-8-2-1-3-9-15/h1-14H,(H,23,25)(H,24,26). The number of rotatable bonds is 3. The number of carbonyl (C=O) groups is 1. The molecule has 1 aromatic heterocycles. The first-order valence-corrected chi connectivity index (χ1v) is 8.30. The number of aromatic nitrogens is 1. The van der Waals surface area contributed by atoms with Gasteiger partial charge < -0.3 is 10.3 Å². The van der Waals surface area contributed by atoms with E-state index in [2.05, 4.69) is 10.3 Å². The first-order chi connectivity index (χ1) is 12.7. The van der Waals surface area contributed by atoms with Crippen molar-refractivity contribution in [3.8, 4) is 11.1 Å². The summed E-state index contributed by atoms with van der Waals surface area (Å²) in [6, 6.07) is 24.5. The molecule has 1 amide bonds. The van der Waals surface area contributed by atoms with Gasteiger partial charge in [-0.15, -0.1) is 0 Å². The molecule has 4 nitrogen and oxygen atoms in total. The quantitative estimate of drug-likeness (QED) is 0.579. The van der Waals surface area contributed by atoms with E-state index in [0.717, 1.165) is 11.1 Å². The second kappa shape index (κ2) is 6.69. The number of hydrogen-bond acceptors (Lipinski definition) is 2. The normalized spacial score (nSPS) is 10.6. The van der Waals surface area contributed by atoms with Gasteiger partial charge in [0.25, 0.3) is 5.91 Å². The number of H-pyrrole nitrogens is 1. The Balaban J connectivity index is 1.72. The Bertz CT molecular complexity index is 1150. The number of benzene rings is 3. The lowest BCUT2D eigenvalue weighted by molar-refractivity contribution is 0.102. The molecule has 0 unspecified atom stereocenters. The summed E-state index contributed by atoms with van der Waals surface area (Å²) < 4.78 is 0. The van der Waals surface area contributed by atoms with E-state index in [9.17, 15) is 9.59 Å². The summed E-state index contributed by atoms with van der Waals surface area (Å²) in [6.07, 6.45) is 1.46. The number of nitrogens with one attached hydrogen (secondary N) is 2. The van der Waals surface area contributed by atoms with Crippen molar-refractivity contribution in [1.29, 1.82) is 0 Å². The van der Waals surface area contributed by atoms with Gasteiger partial charge in [-0.3, -0.25) is 9.59 Å². The lowest BCUT2D eigenvalue weighted by Crippen LogP contribution is -2.22. The van der Waals surface area contributed by atoms with E-state index in [4.69, 9.17) is 0 Å². The van der Waals surface area contributed by atoms with Crippen molar-refractivity contribution in [2.24, 2.45) is 0 Å². The van der Waals surface area contributed by atoms with Gasteiger partial charge in [0, 0.05) is 28.4 Å². The second-order valence-electron chi connectivity index (χ2n) is 5.94. The number of amides is 1. The predicted octanol–water partition coefficient (Wildman–Crippen LogP) is 4.45. The molecule has 0 fully saturated rings. The van der Waals surface area contributed by atoms with Crippen LogP contribution in [0.4, 0.5) is 5.69 Å². The van der Waals surface area contributed by atoms with E-state index in [-0.39, 0.29) is 11.0 Å². The largest absolute Gasteiger partial charge is 0.360 e. The highest BCUT2D eigenvalue weighted by molar-refractivity contribution is 6.07. The van der Waals surface area contributed by atoms with Crippen LogP contribution in [0.25, 0.3) is 22.0 Å². The molecular weight excluding hydrogens is 324 g/mol. The number of carbonyl (C=O) groups excluding carboxylic acids is 1. The maximum atomic E-state index is 12.7. The van der Waals surface area contributed by atoms with Gasteiger partial charge in [0.2, 0.25) is 5.43 Å². The van der Waals surface area contributed by atoms with Crippen LogP contribution in [-0.2, 0) is 0 Å². The van der Waals surface area contributed by atoms with Gasteiger partial charge >= 0.3 is 0 Å². The molecule has 1 heterocycles. The van der Waals surface area contributed by atoms with Crippen LogP contribution < -0.4 is 10.7 Å². The van der Waals surface area contributed by atoms with Crippen molar-refractivity contribution >= 4 is 22.5 Å². The predicted molar refractivity (Wildman–Crippen MR) is 104 cm³/mol. The molecule has 0 aliphatic heterocycles. The Morgan fingerprint density at radius 2 is 1.50 bits per heavy atom. The Morgan fingerprint density at radius 3 is 2.35 bits per heavy atom. The average molecular weight is 340 g/mol. The third-order valence-electron chi connectivity index (χ3n) is 4.29. The van der Waals surface area contributed by atoms with Crippen LogP contribution in [0.1, 0.15) is 10.4 Å². The lowest BCUT2D eigenvalue weighted by Gasteiger charge is -2.11. The third-order valence-corrected chi connectivity index (χ3v) is 4.29. The van der Waals surface area contributed by atoms with Crippen molar-refractivity contribution < 1.29 is 4.79 Å². The molecule has 0 saturated carbocycles. The Kier molecular flexibility index (Phi) is 4.07. The van der Waals surface area contributed by atoms with Gasteiger partial charge in [-0.2, -0.15) is 0 Å². The highest BCUT2D eigenvalue weighted by Crippen LogP contribution is 2.27. The minimum Gasteiger partial charge on any atom is -0.360 e. The molecule has 4 heteroatoms. The number of para-hydroxylation sites is 2. The molecule has 0 bridgehead atoms. The highest BCUT2D eigenvalue weighted by Gasteiger charge is 2.14. The first-order valence-electron chi connectivity index (χ1n) is 8.30. The Hall–Kier alpha value is -3.66. The lowest BCUT2D eigenvalue weighted by atomic mass is 10.0. The zero-order chi connectivity index (χ0) is 17.9. The van der Waals surface area contributed by atoms with Crippen LogP contribution in [0, 0.1) is 0 Å². The number of fused-ring (bicyclic) bond motifs is 1. The maximum absolute atomic E-state index is 12.7. The fourth-order valence-electron chi connectivity index (χ4n) is 2.99. The van der Waals surface area contributed by atoms with E-state index >= 15 is 0 Å². The van der Waals surface area contributed by atoms with E-state index < -0.39 is 5.91 Å². The summed E-state index contributed by atoms with van der Waals surface area (Å²) in [5, 5.41) is 3.37. The van der Waals surface area contributed by atoms with Crippen LogP contribution in [0.15, 0.2) is 89.9 Å². The smallest absolute Gasteiger partial charge is 0.261 e. The summed E-state index contributed by atoms with van der Waals surface area (Å²) in [4.78, 5) is 28.4. The van der Waals surface area contributed by atoms with Gasteiger partial charge in [0.05, 0.1) is 0 Å². The molecule has 0 aliphatic carbocycles. The molecule has 2 N–H and O–H groups in total. The number of aromatic amines is 1. The monoisotopic (exact) mass is 340 g/mol. The molecule has 0 spiro atoms. The molecule has 126 valence electrons. The minimum atomic E-state index is -0.430. The number of pyridine rings is 1. The number of anilines is 1. The molecular formula is C22H16N2O2. The van der Waals surface area contributed by atoms with Crippen LogP contribution in [-0.4, -0.2) is 10.9 Å². The van der Waals surface area contributed by atoms with Gasteiger partial charge in [0.1, 0.15) is 5.56 Å². The second-order valence-corrected chi connectivity index (χ2v) is 5.94. The molecule has 26 heavy (non-hydrogen) atoms. The summed E-state index contributed by atoms with van der Waals surface area (Å²) >= 11 is 0. The van der Waals surface area contributed by atoms with Crippen LogP contribution in [0.5, 0.6) is 0 Å². The van der Waals surface area contributed by atoms with E-state index in [1.165, 1.54) is 6.20 Å². The summed E-state index contributed by atoms with van der Waals surface area (Å²) in [7, 11) is 0. The fourth-order valence-corrected chi connectivity index (χ4v) is 2.99. The van der Waals surface area contributed by atoms with Crippen molar-refractivity contribution in [1.82, 2.24) is 4.98 Å². The topological polar surface area (TPSA) is 62.0 Å². The van der Waals surface area contributed by atoms with Crippen molar-refractivity contribution in [3.63, 3.8) is 0 Å². The molecule has 4 rings (SSSR count). The zero-order valence-electron chi connectivity index (χ0n) is 13.9. The fraction of sp³-hybridized carbons (Fsp3) is 0. The Labute approximate surface area is 150 Å². The molecule has 0 saturated heterocycles. The van der Waals surface area contributed by atoms with Gasteiger partial charge in [-0.25, -0.2) is 0 Å². The molecule has 0 radical (unpaired) electrons. The number of hydrogen-bond donors (Lipinski definition) is 2. The zero-order valence-corrected chi connectivity index (χ0v) is 13.9. The van der Waals surface area contributed by atoms with Crippen LogP contribution in [0.3, 0.4) is 0 Å². The van der Waals surface area contributed by atoms with Crippen LogP contribution >= 0.6 is 0 Å². The SMILES string of the molecule is O=C(Nc1ccccc1-c1ccccc1)c1c[nH]c2ccccc2c1=O. The first kappa shape index (κ1) is 15.8. The third kappa shape index (κ3) is 2.89. The molecule has 3 aromatic carbocycles.